The van der Waals surface area contributed by atoms with Crippen LogP contribution in [0.3, 0.4) is 0 Å². The molecular weight excluding hydrogens is 346 g/mol. The Bertz CT molecular complexity index is 527. The lowest BCUT2D eigenvalue weighted by Gasteiger charge is -2.31. The minimum Gasteiger partial charge on any atom is -0.396 e. The first-order valence-electron chi connectivity index (χ1n) is 7.79. The zero-order valence-electron chi connectivity index (χ0n) is 13.2. The molecule has 1 aliphatic heterocycles. The average molecular weight is 370 g/mol. The molecule has 4 nitrogen and oxygen atoms in total. The first-order chi connectivity index (χ1) is 10.5. The highest BCUT2D eigenvalue weighted by Gasteiger charge is 2.26. The highest BCUT2D eigenvalue weighted by atomic mass is 79.9. The van der Waals surface area contributed by atoms with Gasteiger partial charge in [-0.1, -0.05) is 15.9 Å². The van der Waals surface area contributed by atoms with E-state index in [0.29, 0.717) is 17.9 Å². The van der Waals surface area contributed by atoms with Gasteiger partial charge in [0.1, 0.15) is 0 Å². The molecule has 1 amide bonds. The second-order valence-electron chi connectivity index (χ2n) is 5.96. The fourth-order valence-electron chi connectivity index (χ4n) is 2.95. The fraction of sp³-hybridized carbons (Fsp3) is 0.588. The van der Waals surface area contributed by atoms with Crippen LogP contribution >= 0.6 is 15.9 Å². The van der Waals surface area contributed by atoms with Gasteiger partial charge >= 0.3 is 0 Å². The van der Waals surface area contributed by atoms with E-state index in [1.54, 1.807) is 0 Å². The number of ether oxygens (including phenoxy) is 1. The highest BCUT2D eigenvalue weighted by molar-refractivity contribution is 9.10. The first kappa shape index (κ1) is 17.4. The number of amides is 1. The molecule has 5 heteroatoms. The Kier molecular flexibility index (Phi) is 6.41. The van der Waals surface area contributed by atoms with E-state index in [1.807, 2.05) is 26.0 Å². The molecule has 0 aromatic heterocycles. The van der Waals surface area contributed by atoms with Crippen LogP contribution in [0.4, 0.5) is 0 Å². The first-order valence-corrected chi connectivity index (χ1v) is 8.58. The van der Waals surface area contributed by atoms with Crippen LogP contribution < -0.4 is 5.32 Å². The number of aliphatic hydroxyl groups is 1. The molecule has 1 saturated heterocycles. The van der Waals surface area contributed by atoms with Gasteiger partial charge in [0, 0.05) is 35.9 Å². The molecule has 1 aliphatic rings. The number of carbonyl (C=O) groups excluding carboxylic acids is 1. The Morgan fingerprint density at radius 2 is 2.05 bits per heavy atom. The number of aryl methyl sites for hydroxylation is 2. The summed E-state index contributed by atoms with van der Waals surface area (Å²) in [5.41, 5.74) is 2.70. The van der Waals surface area contributed by atoms with Gasteiger partial charge < -0.3 is 15.2 Å². The third kappa shape index (κ3) is 4.31. The van der Waals surface area contributed by atoms with Gasteiger partial charge in [-0.15, -0.1) is 0 Å². The van der Waals surface area contributed by atoms with Crippen molar-refractivity contribution < 1.29 is 14.6 Å². The molecule has 1 atom stereocenters. The van der Waals surface area contributed by atoms with Crippen LogP contribution in [0.2, 0.25) is 0 Å². The second kappa shape index (κ2) is 8.09. The van der Waals surface area contributed by atoms with Crippen molar-refractivity contribution in [3.63, 3.8) is 0 Å². The molecule has 0 spiro atoms. The molecule has 2 rings (SSSR count). The Morgan fingerprint density at radius 3 is 2.68 bits per heavy atom. The van der Waals surface area contributed by atoms with Crippen LogP contribution in [0.5, 0.6) is 0 Å². The van der Waals surface area contributed by atoms with Crippen molar-refractivity contribution in [1.82, 2.24) is 5.32 Å². The zero-order chi connectivity index (χ0) is 16.1. The lowest BCUT2D eigenvalue weighted by Crippen LogP contribution is -2.43. The van der Waals surface area contributed by atoms with Gasteiger partial charge in [0.25, 0.3) is 5.91 Å². The molecule has 0 saturated carbocycles. The number of hydrogen-bond acceptors (Lipinski definition) is 3. The summed E-state index contributed by atoms with van der Waals surface area (Å²) < 4.78 is 6.40. The maximum Gasteiger partial charge on any atom is 0.251 e. The SMILES string of the molecule is Cc1cc(C(=O)NC(CCO)C2CCOCC2)c(C)cc1Br. The maximum absolute atomic E-state index is 12.6. The van der Waals surface area contributed by atoms with Gasteiger partial charge in [-0.05, 0) is 62.3 Å². The van der Waals surface area contributed by atoms with Crippen LogP contribution in [0, 0.1) is 19.8 Å². The van der Waals surface area contributed by atoms with Crippen molar-refractivity contribution in [3.8, 4) is 0 Å². The van der Waals surface area contributed by atoms with E-state index in [0.717, 1.165) is 41.7 Å². The van der Waals surface area contributed by atoms with Crippen LogP contribution in [0.15, 0.2) is 16.6 Å². The normalized spacial score (nSPS) is 17.3. The Morgan fingerprint density at radius 1 is 1.36 bits per heavy atom. The molecule has 1 fully saturated rings. The predicted molar refractivity (Wildman–Crippen MR) is 90.1 cm³/mol. The van der Waals surface area contributed by atoms with Gasteiger partial charge in [0.2, 0.25) is 0 Å². The number of rotatable bonds is 5. The summed E-state index contributed by atoms with van der Waals surface area (Å²) in [7, 11) is 0. The van der Waals surface area contributed by atoms with Crippen molar-refractivity contribution in [2.45, 2.75) is 39.2 Å². The molecule has 2 N–H and O–H groups in total. The summed E-state index contributed by atoms with van der Waals surface area (Å²) in [6, 6.07) is 3.89. The third-order valence-electron chi connectivity index (χ3n) is 4.34. The lowest BCUT2D eigenvalue weighted by molar-refractivity contribution is 0.0478. The van der Waals surface area contributed by atoms with Crippen molar-refractivity contribution in [3.05, 3.63) is 33.3 Å². The Labute approximate surface area is 140 Å². The zero-order valence-corrected chi connectivity index (χ0v) is 14.8. The molecular formula is C17H24BrNO3. The minimum absolute atomic E-state index is 0.00440. The van der Waals surface area contributed by atoms with Crippen LogP contribution in [0.25, 0.3) is 0 Å². The standard InChI is InChI=1S/C17H24BrNO3/c1-11-10-15(18)12(2)9-14(11)17(21)19-16(3-6-20)13-4-7-22-8-5-13/h9-10,13,16,20H,3-8H2,1-2H3,(H,19,21). The van der Waals surface area contributed by atoms with E-state index < -0.39 is 0 Å². The average Bonchev–Trinajstić information content (AvgIpc) is 2.51. The predicted octanol–water partition coefficient (Wildman–Crippen LogP) is 2.97. The van der Waals surface area contributed by atoms with E-state index in [9.17, 15) is 9.90 Å². The molecule has 1 aromatic rings. The molecule has 0 radical (unpaired) electrons. The van der Waals surface area contributed by atoms with Crippen LogP contribution in [-0.4, -0.2) is 36.9 Å². The monoisotopic (exact) mass is 369 g/mol. The molecule has 22 heavy (non-hydrogen) atoms. The van der Waals surface area contributed by atoms with E-state index >= 15 is 0 Å². The third-order valence-corrected chi connectivity index (χ3v) is 5.20. The van der Waals surface area contributed by atoms with Gasteiger partial charge in [-0.3, -0.25) is 4.79 Å². The Balaban J connectivity index is 2.12. The quantitative estimate of drug-likeness (QED) is 0.838. The van der Waals surface area contributed by atoms with Gasteiger partial charge in [-0.2, -0.15) is 0 Å². The lowest BCUT2D eigenvalue weighted by atomic mass is 9.89. The summed E-state index contributed by atoms with van der Waals surface area (Å²) in [4.78, 5) is 12.6. The van der Waals surface area contributed by atoms with E-state index in [2.05, 4.69) is 21.2 Å². The molecule has 1 aromatic carbocycles. The number of benzene rings is 1. The maximum atomic E-state index is 12.6. The van der Waals surface area contributed by atoms with Crippen molar-refractivity contribution in [2.75, 3.05) is 19.8 Å². The smallest absolute Gasteiger partial charge is 0.251 e. The number of aliphatic hydroxyl groups excluding tert-OH is 1. The molecule has 1 unspecified atom stereocenters. The molecule has 0 bridgehead atoms. The van der Waals surface area contributed by atoms with Gasteiger partial charge in [-0.25, -0.2) is 0 Å². The Hall–Kier alpha value is -0.910. The van der Waals surface area contributed by atoms with Crippen molar-refractivity contribution in [2.24, 2.45) is 5.92 Å². The van der Waals surface area contributed by atoms with Crippen LogP contribution in [0.1, 0.15) is 40.7 Å². The minimum atomic E-state index is -0.0574. The van der Waals surface area contributed by atoms with E-state index in [4.69, 9.17) is 4.74 Å². The summed E-state index contributed by atoms with van der Waals surface area (Å²) >= 11 is 3.49. The number of hydrogen-bond donors (Lipinski definition) is 2. The van der Waals surface area contributed by atoms with Crippen molar-refractivity contribution >= 4 is 21.8 Å². The van der Waals surface area contributed by atoms with E-state index in [-0.39, 0.29) is 18.6 Å². The summed E-state index contributed by atoms with van der Waals surface area (Å²) in [6.07, 6.45) is 2.46. The van der Waals surface area contributed by atoms with Crippen molar-refractivity contribution in [1.29, 1.82) is 0 Å². The second-order valence-corrected chi connectivity index (χ2v) is 6.81. The largest absolute Gasteiger partial charge is 0.396 e. The number of halogens is 1. The molecule has 0 aliphatic carbocycles. The summed E-state index contributed by atoms with van der Waals surface area (Å²) in [5.74, 6) is 0.319. The van der Waals surface area contributed by atoms with E-state index in [1.165, 1.54) is 0 Å². The van der Waals surface area contributed by atoms with Gasteiger partial charge in [0.15, 0.2) is 0 Å². The number of carbonyl (C=O) groups is 1. The summed E-state index contributed by atoms with van der Waals surface area (Å²) in [5, 5.41) is 12.4. The van der Waals surface area contributed by atoms with Gasteiger partial charge in [0.05, 0.1) is 0 Å². The fourth-order valence-corrected chi connectivity index (χ4v) is 3.41. The molecule has 122 valence electrons. The van der Waals surface area contributed by atoms with Crippen LogP contribution in [-0.2, 0) is 4.74 Å². The topological polar surface area (TPSA) is 58.6 Å². The highest BCUT2D eigenvalue weighted by Crippen LogP contribution is 2.23. The molecule has 1 heterocycles. The summed E-state index contributed by atoms with van der Waals surface area (Å²) in [6.45, 7) is 5.47. The number of nitrogens with one attached hydrogen (secondary N) is 1.